The van der Waals surface area contributed by atoms with E-state index in [0.29, 0.717) is 12.4 Å². The van der Waals surface area contributed by atoms with Gasteiger partial charge in [-0.3, -0.25) is 4.84 Å². The summed E-state index contributed by atoms with van der Waals surface area (Å²) in [5.74, 6) is 0.668. The normalized spacial score (nSPS) is 10.9. The van der Waals surface area contributed by atoms with Gasteiger partial charge in [0.2, 0.25) is 0 Å². The Morgan fingerprint density at radius 2 is 1.95 bits per heavy atom. The quantitative estimate of drug-likeness (QED) is 0.677. The standard InChI is InChI=1S/C14H15N5O/c1-18-10-17-12-13(18)15-9-16-14(12)19(20-2)8-11-6-4-3-5-7-11/h3-7,9-10H,8H2,1-2H3. The molecular formula is C14H15N5O. The van der Waals surface area contributed by atoms with Crippen LogP contribution in [-0.4, -0.2) is 26.6 Å². The maximum atomic E-state index is 5.45. The Balaban J connectivity index is 1.99. The number of hydrogen-bond donors (Lipinski definition) is 0. The first kappa shape index (κ1) is 12.6. The van der Waals surface area contributed by atoms with Gasteiger partial charge >= 0.3 is 0 Å². The Labute approximate surface area is 116 Å². The minimum absolute atomic E-state index is 0.597. The van der Waals surface area contributed by atoms with Crippen molar-refractivity contribution in [1.29, 1.82) is 0 Å². The zero-order valence-electron chi connectivity index (χ0n) is 11.4. The first-order valence-corrected chi connectivity index (χ1v) is 6.27. The van der Waals surface area contributed by atoms with Crippen molar-refractivity contribution in [1.82, 2.24) is 19.5 Å². The molecule has 1 aromatic carbocycles. The third-order valence-electron chi connectivity index (χ3n) is 3.10. The number of rotatable bonds is 4. The van der Waals surface area contributed by atoms with Crippen LogP contribution in [0.25, 0.3) is 11.2 Å². The second kappa shape index (κ2) is 5.26. The van der Waals surface area contributed by atoms with Gasteiger partial charge in [0, 0.05) is 7.05 Å². The molecule has 20 heavy (non-hydrogen) atoms. The van der Waals surface area contributed by atoms with Crippen molar-refractivity contribution in [2.45, 2.75) is 6.54 Å². The number of imidazole rings is 1. The van der Waals surface area contributed by atoms with E-state index in [1.807, 2.05) is 41.9 Å². The topological polar surface area (TPSA) is 56.1 Å². The molecule has 0 atom stereocenters. The van der Waals surface area contributed by atoms with Crippen LogP contribution in [0.2, 0.25) is 0 Å². The molecule has 0 bridgehead atoms. The van der Waals surface area contributed by atoms with E-state index >= 15 is 0 Å². The summed E-state index contributed by atoms with van der Waals surface area (Å²) in [7, 11) is 3.53. The van der Waals surface area contributed by atoms with Crippen LogP contribution < -0.4 is 5.06 Å². The maximum absolute atomic E-state index is 5.45. The highest BCUT2D eigenvalue weighted by Gasteiger charge is 2.15. The number of aromatic nitrogens is 4. The molecule has 0 aliphatic heterocycles. The second-order valence-corrected chi connectivity index (χ2v) is 4.43. The average molecular weight is 269 g/mol. The van der Waals surface area contributed by atoms with Crippen molar-refractivity contribution in [3.05, 3.63) is 48.5 Å². The molecule has 0 spiro atoms. The SMILES string of the molecule is CON(Cc1ccccc1)c1ncnc2c1ncn2C. The highest BCUT2D eigenvalue weighted by molar-refractivity contribution is 5.82. The van der Waals surface area contributed by atoms with Crippen LogP contribution in [0.15, 0.2) is 43.0 Å². The Kier molecular flexibility index (Phi) is 3.30. The van der Waals surface area contributed by atoms with Gasteiger partial charge in [-0.15, -0.1) is 0 Å². The fourth-order valence-corrected chi connectivity index (χ4v) is 2.09. The highest BCUT2D eigenvalue weighted by Crippen LogP contribution is 2.22. The lowest BCUT2D eigenvalue weighted by Crippen LogP contribution is -2.22. The molecule has 0 saturated carbocycles. The molecule has 102 valence electrons. The molecule has 3 aromatic rings. The first-order valence-electron chi connectivity index (χ1n) is 6.27. The summed E-state index contributed by atoms with van der Waals surface area (Å²) in [5, 5.41) is 1.71. The molecule has 0 amide bonds. The lowest BCUT2D eigenvalue weighted by molar-refractivity contribution is 0.161. The van der Waals surface area contributed by atoms with Gasteiger partial charge in [-0.2, -0.15) is 0 Å². The fourth-order valence-electron chi connectivity index (χ4n) is 2.09. The van der Waals surface area contributed by atoms with Crippen LogP contribution >= 0.6 is 0 Å². The predicted octanol–water partition coefficient (Wildman–Crippen LogP) is 1.93. The van der Waals surface area contributed by atoms with Crippen LogP contribution in [-0.2, 0) is 18.4 Å². The first-order chi connectivity index (χ1) is 9.79. The van der Waals surface area contributed by atoms with Crippen LogP contribution in [0.1, 0.15) is 5.56 Å². The summed E-state index contributed by atoms with van der Waals surface area (Å²) < 4.78 is 1.86. The van der Waals surface area contributed by atoms with E-state index in [2.05, 4.69) is 15.0 Å². The van der Waals surface area contributed by atoms with Crippen molar-refractivity contribution in [3.63, 3.8) is 0 Å². The minimum atomic E-state index is 0.597. The van der Waals surface area contributed by atoms with Gasteiger partial charge in [-0.05, 0) is 5.56 Å². The van der Waals surface area contributed by atoms with E-state index in [0.717, 1.165) is 16.7 Å². The molecule has 0 aliphatic rings. The summed E-state index contributed by atoms with van der Waals surface area (Å²) in [6.45, 7) is 0.597. The molecule has 2 heterocycles. The molecule has 0 unspecified atom stereocenters. The van der Waals surface area contributed by atoms with Crippen molar-refractivity contribution in [2.24, 2.45) is 7.05 Å². The summed E-state index contributed by atoms with van der Waals surface area (Å²) in [6, 6.07) is 10.1. The molecule has 6 heteroatoms. The lowest BCUT2D eigenvalue weighted by atomic mass is 10.2. The molecule has 6 nitrogen and oxygen atoms in total. The van der Waals surface area contributed by atoms with Crippen LogP contribution in [0.5, 0.6) is 0 Å². The van der Waals surface area contributed by atoms with Gasteiger partial charge in [0.1, 0.15) is 6.33 Å². The maximum Gasteiger partial charge on any atom is 0.184 e. The molecule has 0 N–H and O–H groups in total. The number of anilines is 1. The van der Waals surface area contributed by atoms with Crippen molar-refractivity contribution in [3.8, 4) is 0 Å². The van der Waals surface area contributed by atoms with E-state index < -0.39 is 0 Å². The van der Waals surface area contributed by atoms with E-state index in [-0.39, 0.29) is 0 Å². The van der Waals surface area contributed by atoms with E-state index in [1.54, 1.807) is 18.5 Å². The summed E-state index contributed by atoms with van der Waals surface area (Å²) in [5.41, 5.74) is 2.65. The number of aryl methyl sites for hydroxylation is 1. The molecule has 0 aliphatic carbocycles. The lowest BCUT2D eigenvalue weighted by Gasteiger charge is -2.20. The van der Waals surface area contributed by atoms with Crippen molar-refractivity contribution < 1.29 is 4.84 Å². The molecule has 0 saturated heterocycles. The fraction of sp³-hybridized carbons (Fsp3) is 0.214. The largest absolute Gasteiger partial charge is 0.318 e. The molecule has 0 fully saturated rings. The van der Waals surface area contributed by atoms with Crippen molar-refractivity contribution >= 4 is 17.0 Å². The molecular weight excluding hydrogens is 254 g/mol. The smallest absolute Gasteiger partial charge is 0.184 e. The van der Waals surface area contributed by atoms with Crippen LogP contribution in [0.4, 0.5) is 5.82 Å². The predicted molar refractivity (Wildman–Crippen MR) is 75.9 cm³/mol. The Hall–Kier alpha value is -2.47. The van der Waals surface area contributed by atoms with Crippen LogP contribution in [0, 0.1) is 0 Å². The summed E-state index contributed by atoms with van der Waals surface area (Å²) >= 11 is 0. The van der Waals surface area contributed by atoms with E-state index in [4.69, 9.17) is 4.84 Å². The summed E-state index contributed by atoms with van der Waals surface area (Å²) in [6.07, 6.45) is 3.25. The third-order valence-corrected chi connectivity index (χ3v) is 3.10. The van der Waals surface area contributed by atoms with Gasteiger partial charge in [0.15, 0.2) is 17.0 Å². The summed E-state index contributed by atoms with van der Waals surface area (Å²) in [4.78, 5) is 18.3. The molecule has 3 rings (SSSR count). The molecule has 0 radical (unpaired) electrons. The number of benzene rings is 1. The second-order valence-electron chi connectivity index (χ2n) is 4.43. The Morgan fingerprint density at radius 1 is 1.15 bits per heavy atom. The zero-order chi connectivity index (χ0) is 13.9. The van der Waals surface area contributed by atoms with Gasteiger partial charge < -0.3 is 4.57 Å². The van der Waals surface area contributed by atoms with Gasteiger partial charge in [0.25, 0.3) is 0 Å². The number of hydrogen-bond acceptors (Lipinski definition) is 5. The van der Waals surface area contributed by atoms with Gasteiger partial charge in [-0.25, -0.2) is 20.0 Å². The third kappa shape index (κ3) is 2.21. The average Bonchev–Trinajstić information content (AvgIpc) is 2.88. The Bertz CT molecular complexity index is 710. The zero-order valence-corrected chi connectivity index (χ0v) is 11.4. The van der Waals surface area contributed by atoms with E-state index in [1.165, 1.54) is 6.33 Å². The van der Waals surface area contributed by atoms with Gasteiger partial charge in [0.05, 0.1) is 20.0 Å². The van der Waals surface area contributed by atoms with Crippen molar-refractivity contribution in [2.75, 3.05) is 12.2 Å². The number of fused-ring (bicyclic) bond motifs is 1. The van der Waals surface area contributed by atoms with Crippen LogP contribution in [0.3, 0.4) is 0 Å². The Morgan fingerprint density at radius 3 is 2.70 bits per heavy atom. The number of nitrogens with zero attached hydrogens (tertiary/aromatic N) is 5. The minimum Gasteiger partial charge on any atom is -0.318 e. The molecule has 2 aromatic heterocycles. The highest BCUT2D eigenvalue weighted by atomic mass is 16.7. The monoisotopic (exact) mass is 269 g/mol. The number of hydroxylamine groups is 1. The van der Waals surface area contributed by atoms with Gasteiger partial charge in [-0.1, -0.05) is 30.3 Å². The van der Waals surface area contributed by atoms with E-state index in [9.17, 15) is 0 Å².